The predicted octanol–water partition coefficient (Wildman–Crippen LogP) is 2.91. The first-order chi connectivity index (χ1) is 13.6. The summed E-state index contributed by atoms with van der Waals surface area (Å²) in [5.74, 6) is 0.213. The number of amides is 1. The molecule has 0 unspecified atom stereocenters. The summed E-state index contributed by atoms with van der Waals surface area (Å²) in [5, 5.41) is 0.702. The number of aromatic nitrogens is 1. The number of rotatable bonds is 4. The predicted molar refractivity (Wildman–Crippen MR) is 113 cm³/mol. The molecule has 0 atom stereocenters. The van der Waals surface area contributed by atoms with Crippen molar-refractivity contribution in [2.45, 2.75) is 25.3 Å². The molecule has 1 aromatic carbocycles. The Morgan fingerprint density at radius 3 is 2.50 bits per heavy atom. The van der Waals surface area contributed by atoms with E-state index < -0.39 is 0 Å². The average Bonchev–Trinajstić information content (AvgIpc) is 3.17. The highest BCUT2D eigenvalue weighted by molar-refractivity contribution is 6.30. The Balaban J connectivity index is 1.34. The molecular formula is C22H29ClN4O. The quantitative estimate of drug-likeness (QED) is 0.790. The van der Waals surface area contributed by atoms with Crippen molar-refractivity contribution in [2.75, 3.05) is 46.3 Å². The molecule has 0 bridgehead atoms. The molecular weight excluding hydrogens is 372 g/mol. The van der Waals surface area contributed by atoms with E-state index >= 15 is 0 Å². The molecule has 0 radical (unpaired) electrons. The van der Waals surface area contributed by atoms with Crippen molar-refractivity contribution in [3.63, 3.8) is 0 Å². The second-order valence-electron chi connectivity index (χ2n) is 7.98. The number of likely N-dealkylation sites (tertiary alicyclic amines) is 1. The molecule has 1 aromatic heterocycles. The number of piperazine rings is 1. The van der Waals surface area contributed by atoms with Crippen molar-refractivity contribution in [1.82, 2.24) is 19.3 Å². The summed E-state index contributed by atoms with van der Waals surface area (Å²) >= 11 is 6.13. The molecule has 4 rings (SSSR count). The van der Waals surface area contributed by atoms with Gasteiger partial charge in [0.05, 0.1) is 6.42 Å². The maximum atomic E-state index is 12.9. The van der Waals surface area contributed by atoms with Crippen molar-refractivity contribution in [2.24, 2.45) is 0 Å². The van der Waals surface area contributed by atoms with Crippen molar-refractivity contribution in [3.8, 4) is 5.69 Å². The molecule has 0 N–H and O–H groups in total. The van der Waals surface area contributed by atoms with Crippen LogP contribution in [0.5, 0.6) is 0 Å². The topological polar surface area (TPSA) is 31.7 Å². The number of carbonyl (C=O) groups excluding carboxylic acids is 1. The summed E-state index contributed by atoms with van der Waals surface area (Å²) in [4.78, 5) is 19.9. The van der Waals surface area contributed by atoms with E-state index in [1.807, 2.05) is 47.5 Å². The van der Waals surface area contributed by atoms with E-state index in [1.54, 1.807) is 0 Å². The zero-order chi connectivity index (χ0) is 19.5. The van der Waals surface area contributed by atoms with Crippen LogP contribution in [0.15, 0.2) is 42.6 Å². The Morgan fingerprint density at radius 1 is 1.04 bits per heavy atom. The number of piperidine rings is 1. The lowest BCUT2D eigenvalue weighted by atomic mass is 10.0. The second kappa shape index (κ2) is 8.68. The van der Waals surface area contributed by atoms with Crippen LogP contribution in [-0.4, -0.2) is 77.5 Å². The van der Waals surface area contributed by atoms with Gasteiger partial charge in [-0.15, -0.1) is 0 Å². The third-order valence-electron chi connectivity index (χ3n) is 6.12. The van der Waals surface area contributed by atoms with Crippen LogP contribution in [0.4, 0.5) is 0 Å². The normalized spacial score (nSPS) is 19.9. The molecule has 0 saturated carbocycles. The van der Waals surface area contributed by atoms with Gasteiger partial charge in [-0.25, -0.2) is 0 Å². The highest BCUT2D eigenvalue weighted by atomic mass is 35.5. The largest absolute Gasteiger partial charge is 0.340 e. The van der Waals surface area contributed by atoms with E-state index in [9.17, 15) is 4.79 Å². The van der Waals surface area contributed by atoms with Gasteiger partial charge in [0.1, 0.15) is 0 Å². The fourth-order valence-electron chi connectivity index (χ4n) is 4.40. The fraction of sp³-hybridized carbons (Fsp3) is 0.500. The molecule has 2 fully saturated rings. The number of carbonyl (C=O) groups is 1. The van der Waals surface area contributed by atoms with Crippen molar-refractivity contribution in [1.29, 1.82) is 0 Å². The van der Waals surface area contributed by atoms with Gasteiger partial charge in [0.25, 0.3) is 0 Å². The molecule has 2 aromatic rings. The van der Waals surface area contributed by atoms with Crippen LogP contribution in [0, 0.1) is 0 Å². The van der Waals surface area contributed by atoms with Crippen molar-refractivity contribution in [3.05, 3.63) is 53.3 Å². The number of benzene rings is 1. The molecule has 0 aliphatic carbocycles. The molecule has 0 spiro atoms. The van der Waals surface area contributed by atoms with Gasteiger partial charge in [-0.2, -0.15) is 0 Å². The maximum Gasteiger partial charge on any atom is 0.228 e. The van der Waals surface area contributed by atoms with Crippen LogP contribution < -0.4 is 0 Å². The highest BCUT2D eigenvalue weighted by Gasteiger charge is 2.28. The number of hydrogen-bond acceptors (Lipinski definition) is 3. The van der Waals surface area contributed by atoms with E-state index in [1.165, 1.54) is 25.9 Å². The van der Waals surface area contributed by atoms with Gasteiger partial charge in [0.2, 0.25) is 5.91 Å². The van der Waals surface area contributed by atoms with E-state index in [-0.39, 0.29) is 5.91 Å². The van der Waals surface area contributed by atoms with Crippen molar-refractivity contribution < 1.29 is 4.79 Å². The number of hydrogen-bond donors (Lipinski definition) is 0. The minimum Gasteiger partial charge on any atom is -0.340 e. The lowest BCUT2D eigenvalue weighted by Gasteiger charge is -2.42. The molecule has 28 heavy (non-hydrogen) atoms. The first-order valence-electron chi connectivity index (χ1n) is 10.2. The summed E-state index contributed by atoms with van der Waals surface area (Å²) < 4.78 is 2.05. The van der Waals surface area contributed by atoms with Crippen LogP contribution in [0.25, 0.3) is 5.69 Å². The van der Waals surface area contributed by atoms with Gasteiger partial charge in [-0.3, -0.25) is 9.69 Å². The minimum absolute atomic E-state index is 0.213. The fourth-order valence-corrected chi connectivity index (χ4v) is 4.59. The first-order valence-corrected chi connectivity index (χ1v) is 10.6. The van der Waals surface area contributed by atoms with Crippen LogP contribution in [-0.2, 0) is 11.2 Å². The van der Waals surface area contributed by atoms with Crippen LogP contribution in [0.3, 0.4) is 0 Å². The standard InChI is InChI=1S/C22H29ClN4O/c1-24-10-7-19(8-11-24)25-12-14-26(15-13-25)22(28)17-21-6-3-9-27(21)20-5-2-4-18(23)16-20/h2-6,9,16,19H,7-8,10-15,17H2,1H3. The van der Waals surface area contributed by atoms with Crippen molar-refractivity contribution >= 4 is 17.5 Å². The molecule has 5 nitrogen and oxygen atoms in total. The van der Waals surface area contributed by atoms with Gasteiger partial charge in [-0.1, -0.05) is 17.7 Å². The van der Waals surface area contributed by atoms with Gasteiger partial charge in [-0.05, 0) is 63.3 Å². The lowest BCUT2D eigenvalue weighted by Crippen LogP contribution is -2.54. The van der Waals surface area contributed by atoms with Gasteiger partial charge in [0.15, 0.2) is 0 Å². The smallest absolute Gasteiger partial charge is 0.228 e. The van der Waals surface area contributed by atoms with E-state index in [4.69, 9.17) is 11.6 Å². The summed E-state index contributed by atoms with van der Waals surface area (Å²) in [6.07, 6.45) is 4.91. The Bertz CT molecular complexity index is 804. The molecule has 1 amide bonds. The Morgan fingerprint density at radius 2 is 1.79 bits per heavy atom. The molecule has 2 aliphatic heterocycles. The highest BCUT2D eigenvalue weighted by Crippen LogP contribution is 2.20. The zero-order valence-electron chi connectivity index (χ0n) is 16.6. The second-order valence-corrected chi connectivity index (χ2v) is 8.41. The van der Waals surface area contributed by atoms with Crippen LogP contribution in [0.1, 0.15) is 18.5 Å². The summed E-state index contributed by atoms with van der Waals surface area (Å²) in [6.45, 7) is 6.03. The summed E-state index contributed by atoms with van der Waals surface area (Å²) in [7, 11) is 2.20. The van der Waals surface area contributed by atoms with Gasteiger partial charge < -0.3 is 14.4 Å². The molecule has 2 aliphatic rings. The Hall–Kier alpha value is -1.82. The van der Waals surface area contributed by atoms with Crippen LogP contribution in [0.2, 0.25) is 5.02 Å². The minimum atomic E-state index is 0.213. The first kappa shape index (κ1) is 19.5. The Labute approximate surface area is 172 Å². The maximum absolute atomic E-state index is 12.9. The third kappa shape index (κ3) is 4.43. The monoisotopic (exact) mass is 400 g/mol. The van der Waals surface area contributed by atoms with E-state index in [0.717, 1.165) is 37.6 Å². The zero-order valence-corrected chi connectivity index (χ0v) is 17.3. The summed E-state index contributed by atoms with van der Waals surface area (Å²) in [5.41, 5.74) is 2.00. The molecule has 6 heteroatoms. The SMILES string of the molecule is CN1CCC(N2CCN(C(=O)Cc3cccn3-c3cccc(Cl)c3)CC2)CC1. The molecule has 3 heterocycles. The molecule has 150 valence electrons. The Kier molecular flexibility index (Phi) is 6.04. The summed E-state index contributed by atoms with van der Waals surface area (Å²) in [6, 6.07) is 12.4. The van der Waals surface area contributed by atoms with Crippen LogP contribution >= 0.6 is 11.6 Å². The third-order valence-corrected chi connectivity index (χ3v) is 6.36. The molecule has 2 saturated heterocycles. The average molecular weight is 401 g/mol. The van der Waals surface area contributed by atoms with E-state index in [0.29, 0.717) is 17.5 Å². The van der Waals surface area contributed by atoms with Gasteiger partial charge >= 0.3 is 0 Å². The van der Waals surface area contributed by atoms with E-state index in [2.05, 4.69) is 21.4 Å². The number of halogens is 1. The van der Waals surface area contributed by atoms with Gasteiger partial charge in [0, 0.05) is 54.8 Å². The lowest BCUT2D eigenvalue weighted by molar-refractivity contribution is -0.132. The number of nitrogens with zero attached hydrogens (tertiary/aromatic N) is 4.